The molecule has 1 atom stereocenters. The lowest BCUT2D eigenvalue weighted by molar-refractivity contribution is -0.149. The Morgan fingerprint density at radius 3 is 2.18 bits per heavy atom. The molecule has 0 bridgehead atoms. The van der Waals surface area contributed by atoms with Crippen molar-refractivity contribution in [3.8, 4) is 0 Å². The molecule has 0 radical (unpaired) electrons. The first-order valence-electron chi connectivity index (χ1n) is 7.44. The fraction of sp³-hybridized carbons (Fsp3) is 0.933. The standard InChI is InChI=1S/C15H30O2/c1-4-7-9-10-11-13-15(16)17-14(6-3)12-8-5-2/h14H,4-13H2,1-3H3. The first-order chi connectivity index (χ1) is 8.24. The predicted octanol–water partition coefficient (Wildman–Crippen LogP) is 4.86. The molecule has 0 aliphatic carbocycles. The minimum atomic E-state index is 0.00412. The van der Waals surface area contributed by atoms with Crippen LogP contribution >= 0.6 is 0 Å². The second kappa shape index (κ2) is 11.9. The van der Waals surface area contributed by atoms with Crippen LogP contribution in [0.25, 0.3) is 0 Å². The highest BCUT2D eigenvalue weighted by Gasteiger charge is 2.11. The Labute approximate surface area is 107 Å². The zero-order valence-corrected chi connectivity index (χ0v) is 12.0. The van der Waals surface area contributed by atoms with Crippen molar-refractivity contribution in [2.24, 2.45) is 0 Å². The minimum Gasteiger partial charge on any atom is -0.462 e. The van der Waals surface area contributed by atoms with E-state index in [9.17, 15) is 4.79 Å². The molecule has 0 fully saturated rings. The van der Waals surface area contributed by atoms with E-state index < -0.39 is 0 Å². The molecule has 2 heteroatoms. The summed E-state index contributed by atoms with van der Waals surface area (Å²) in [4.78, 5) is 11.6. The molecule has 0 aromatic rings. The lowest BCUT2D eigenvalue weighted by Crippen LogP contribution is -2.17. The lowest BCUT2D eigenvalue weighted by Gasteiger charge is -2.15. The van der Waals surface area contributed by atoms with Crippen LogP contribution < -0.4 is 0 Å². The largest absolute Gasteiger partial charge is 0.462 e. The van der Waals surface area contributed by atoms with Crippen LogP contribution in [0, 0.1) is 0 Å². The number of ether oxygens (including phenoxy) is 1. The number of carbonyl (C=O) groups is 1. The fourth-order valence-corrected chi connectivity index (χ4v) is 1.90. The Hall–Kier alpha value is -0.530. The number of hydrogen-bond donors (Lipinski definition) is 0. The summed E-state index contributed by atoms with van der Waals surface area (Å²) in [5.41, 5.74) is 0. The maximum absolute atomic E-state index is 11.6. The van der Waals surface area contributed by atoms with E-state index in [1.807, 2.05) is 0 Å². The van der Waals surface area contributed by atoms with Gasteiger partial charge in [0.05, 0.1) is 0 Å². The van der Waals surface area contributed by atoms with E-state index in [2.05, 4.69) is 20.8 Å². The van der Waals surface area contributed by atoms with Crippen LogP contribution in [0.15, 0.2) is 0 Å². The maximum Gasteiger partial charge on any atom is 0.306 e. The third kappa shape index (κ3) is 10.3. The molecule has 0 saturated heterocycles. The third-order valence-electron chi connectivity index (χ3n) is 3.12. The summed E-state index contributed by atoms with van der Waals surface area (Å²) in [5.74, 6) is 0.00412. The van der Waals surface area contributed by atoms with Crippen molar-refractivity contribution in [3.05, 3.63) is 0 Å². The van der Waals surface area contributed by atoms with Crippen molar-refractivity contribution in [3.63, 3.8) is 0 Å². The molecule has 0 N–H and O–H groups in total. The van der Waals surface area contributed by atoms with Crippen LogP contribution in [-0.4, -0.2) is 12.1 Å². The summed E-state index contributed by atoms with van der Waals surface area (Å²) in [6.07, 6.45) is 11.0. The Morgan fingerprint density at radius 2 is 1.59 bits per heavy atom. The van der Waals surface area contributed by atoms with Crippen LogP contribution in [0.1, 0.15) is 85.0 Å². The molecule has 0 spiro atoms. The maximum atomic E-state index is 11.6. The van der Waals surface area contributed by atoms with E-state index in [-0.39, 0.29) is 12.1 Å². The van der Waals surface area contributed by atoms with Gasteiger partial charge in [-0.1, -0.05) is 59.3 Å². The molecule has 0 aliphatic heterocycles. The highest BCUT2D eigenvalue weighted by Crippen LogP contribution is 2.11. The van der Waals surface area contributed by atoms with Gasteiger partial charge in [0.1, 0.15) is 6.10 Å². The SMILES string of the molecule is CCCCCCCC(=O)OC(CC)CCCC. The van der Waals surface area contributed by atoms with Gasteiger partial charge < -0.3 is 4.74 Å². The van der Waals surface area contributed by atoms with Gasteiger partial charge in [-0.3, -0.25) is 4.79 Å². The minimum absolute atomic E-state index is 0.00412. The van der Waals surface area contributed by atoms with Crippen molar-refractivity contribution in [1.29, 1.82) is 0 Å². The molecule has 17 heavy (non-hydrogen) atoms. The zero-order valence-electron chi connectivity index (χ0n) is 12.0. The van der Waals surface area contributed by atoms with E-state index in [0.29, 0.717) is 6.42 Å². The summed E-state index contributed by atoms with van der Waals surface area (Å²) < 4.78 is 5.47. The van der Waals surface area contributed by atoms with Gasteiger partial charge in [-0.15, -0.1) is 0 Å². The summed E-state index contributed by atoms with van der Waals surface area (Å²) in [6, 6.07) is 0. The zero-order chi connectivity index (χ0) is 12.9. The van der Waals surface area contributed by atoms with Crippen molar-refractivity contribution in [1.82, 2.24) is 0 Å². The highest BCUT2D eigenvalue weighted by molar-refractivity contribution is 5.69. The van der Waals surface area contributed by atoms with Crippen LogP contribution in [-0.2, 0) is 9.53 Å². The first kappa shape index (κ1) is 16.5. The molecule has 0 saturated carbocycles. The lowest BCUT2D eigenvalue weighted by atomic mass is 10.1. The van der Waals surface area contributed by atoms with E-state index in [4.69, 9.17) is 4.74 Å². The van der Waals surface area contributed by atoms with Gasteiger partial charge in [-0.2, -0.15) is 0 Å². The molecule has 2 nitrogen and oxygen atoms in total. The fourth-order valence-electron chi connectivity index (χ4n) is 1.90. The highest BCUT2D eigenvalue weighted by atomic mass is 16.5. The molecule has 0 rings (SSSR count). The summed E-state index contributed by atoms with van der Waals surface area (Å²) in [5, 5.41) is 0. The average molecular weight is 242 g/mol. The van der Waals surface area contributed by atoms with Gasteiger partial charge in [-0.05, 0) is 19.3 Å². The predicted molar refractivity (Wildman–Crippen MR) is 73.1 cm³/mol. The van der Waals surface area contributed by atoms with E-state index in [1.54, 1.807) is 0 Å². The van der Waals surface area contributed by atoms with E-state index >= 15 is 0 Å². The summed E-state index contributed by atoms with van der Waals surface area (Å²) >= 11 is 0. The molecular weight excluding hydrogens is 212 g/mol. The molecule has 0 aliphatic rings. The summed E-state index contributed by atoms with van der Waals surface area (Å²) in [7, 11) is 0. The quantitative estimate of drug-likeness (QED) is 0.382. The molecule has 0 amide bonds. The third-order valence-corrected chi connectivity index (χ3v) is 3.12. The molecule has 0 aromatic carbocycles. The Morgan fingerprint density at radius 1 is 0.941 bits per heavy atom. The van der Waals surface area contributed by atoms with Crippen LogP contribution in [0.4, 0.5) is 0 Å². The number of rotatable bonds is 11. The summed E-state index contributed by atoms with van der Waals surface area (Å²) in [6.45, 7) is 6.46. The molecule has 102 valence electrons. The monoisotopic (exact) mass is 242 g/mol. The molecule has 0 aromatic heterocycles. The molecule has 1 unspecified atom stereocenters. The number of carbonyl (C=O) groups excluding carboxylic acids is 1. The van der Waals surface area contributed by atoms with Crippen molar-refractivity contribution >= 4 is 5.97 Å². The second-order valence-corrected chi connectivity index (χ2v) is 4.83. The van der Waals surface area contributed by atoms with E-state index in [0.717, 1.165) is 32.1 Å². The van der Waals surface area contributed by atoms with Crippen LogP contribution in [0.2, 0.25) is 0 Å². The number of unbranched alkanes of at least 4 members (excludes halogenated alkanes) is 5. The average Bonchev–Trinajstić information content (AvgIpc) is 2.34. The molecular formula is C15H30O2. The van der Waals surface area contributed by atoms with Crippen molar-refractivity contribution < 1.29 is 9.53 Å². The van der Waals surface area contributed by atoms with Gasteiger partial charge in [0, 0.05) is 6.42 Å². The Balaban J connectivity index is 3.53. The normalized spacial score (nSPS) is 12.4. The van der Waals surface area contributed by atoms with Crippen molar-refractivity contribution in [2.45, 2.75) is 91.1 Å². The first-order valence-corrected chi connectivity index (χ1v) is 7.44. The Kier molecular flexibility index (Phi) is 11.6. The van der Waals surface area contributed by atoms with Crippen LogP contribution in [0.5, 0.6) is 0 Å². The second-order valence-electron chi connectivity index (χ2n) is 4.83. The van der Waals surface area contributed by atoms with Gasteiger partial charge in [-0.25, -0.2) is 0 Å². The number of hydrogen-bond acceptors (Lipinski definition) is 2. The Bertz CT molecular complexity index is 178. The topological polar surface area (TPSA) is 26.3 Å². The van der Waals surface area contributed by atoms with Gasteiger partial charge >= 0.3 is 5.97 Å². The van der Waals surface area contributed by atoms with Gasteiger partial charge in [0.15, 0.2) is 0 Å². The smallest absolute Gasteiger partial charge is 0.306 e. The van der Waals surface area contributed by atoms with E-state index in [1.165, 1.54) is 25.7 Å². The van der Waals surface area contributed by atoms with Gasteiger partial charge in [0.25, 0.3) is 0 Å². The van der Waals surface area contributed by atoms with Gasteiger partial charge in [0.2, 0.25) is 0 Å². The van der Waals surface area contributed by atoms with Crippen molar-refractivity contribution in [2.75, 3.05) is 0 Å². The molecule has 0 heterocycles. The number of esters is 1. The van der Waals surface area contributed by atoms with Crippen LogP contribution in [0.3, 0.4) is 0 Å².